The number of hydrogen-bond donors (Lipinski definition) is 1. The molecule has 0 saturated heterocycles. The van der Waals surface area contributed by atoms with Crippen LogP contribution in [-0.2, 0) is 4.79 Å². The summed E-state index contributed by atoms with van der Waals surface area (Å²) in [6.07, 6.45) is 0. The lowest BCUT2D eigenvalue weighted by Gasteiger charge is -2.12. The van der Waals surface area contributed by atoms with Gasteiger partial charge in [0.15, 0.2) is 6.61 Å². The summed E-state index contributed by atoms with van der Waals surface area (Å²) in [6, 6.07) is 19.1. The molecule has 4 rings (SSSR count). The van der Waals surface area contributed by atoms with Gasteiger partial charge >= 0.3 is 0 Å². The predicted molar refractivity (Wildman–Crippen MR) is 123 cm³/mol. The molecular formula is C23H17Cl2N3O3. The molecule has 6 nitrogen and oxygen atoms in total. The second-order valence-corrected chi connectivity index (χ2v) is 7.54. The molecule has 0 spiro atoms. The van der Waals surface area contributed by atoms with E-state index in [0.717, 1.165) is 0 Å². The molecule has 156 valence electrons. The minimum Gasteiger partial charge on any atom is -0.482 e. The van der Waals surface area contributed by atoms with Crippen molar-refractivity contribution in [3.8, 4) is 11.4 Å². The van der Waals surface area contributed by atoms with Gasteiger partial charge in [-0.15, -0.1) is 0 Å². The number of para-hydroxylation sites is 1. The molecule has 1 aromatic heterocycles. The standard InChI is InChI=1S/C23H17Cl2N3O3/c1-14-26-19-7-3-2-5-17(19)23(30)28(14)16-11-9-15(10-12-16)27-21(29)13-31-20-8-4-6-18(24)22(20)25/h2-12H,13H2,1H3,(H,27,29). The van der Waals surface area contributed by atoms with E-state index in [-0.39, 0.29) is 23.1 Å². The largest absolute Gasteiger partial charge is 0.482 e. The lowest BCUT2D eigenvalue weighted by molar-refractivity contribution is -0.118. The quantitative estimate of drug-likeness (QED) is 0.460. The van der Waals surface area contributed by atoms with Crippen LogP contribution in [0.1, 0.15) is 5.82 Å². The predicted octanol–water partition coefficient (Wildman–Crippen LogP) is 5.02. The molecule has 3 aromatic carbocycles. The maximum atomic E-state index is 12.9. The highest BCUT2D eigenvalue weighted by Crippen LogP contribution is 2.31. The van der Waals surface area contributed by atoms with E-state index >= 15 is 0 Å². The molecule has 0 unspecified atom stereocenters. The first-order valence-corrected chi connectivity index (χ1v) is 10.1. The Hall–Kier alpha value is -3.35. The van der Waals surface area contributed by atoms with Crippen molar-refractivity contribution in [3.05, 3.63) is 93.0 Å². The van der Waals surface area contributed by atoms with Gasteiger partial charge in [0.25, 0.3) is 11.5 Å². The number of aromatic nitrogens is 2. The van der Waals surface area contributed by atoms with Crippen molar-refractivity contribution in [1.82, 2.24) is 9.55 Å². The van der Waals surface area contributed by atoms with E-state index in [0.29, 0.717) is 38.9 Å². The zero-order chi connectivity index (χ0) is 22.0. The van der Waals surface area contributed by atoms with Gasteiger partial charge in [-0.3, -0.25) is 14.2 Å². The molecule has 0 saturated carbocycles. The van der Waals surface area contributed by atoms with E-state index < -0.39 is 0 Å². The molecule has 0 radical (unpaired) electrons. The highest BCUT2D eigenvalue weighted by Gasteiger charge is 2.11. The summed E-state index contributed by atoms with van der Waals surface area (Å²) < 4.78 is 6.97. The monoisotopic (exact) mass is 453 g/mol. The highest BCUT2D eigenvalue weighted by molar-refractivity contribution is 6.42. The van der Waals surface area contributed by atoms with E-state index in [1.807, 2.05) is 18.2 Å². The molecule has 0 bridgehead atoms. The number of ether oxygens (including phenoxy) is 1. The Labute approximate surface area is 188 Å². The van der Waals surface area contributed by atoms with Crippen LogP contribution in [0.15, 0.2) is 71.5 Å². The smallest absolute Gasteiger partial charge is 0.265 e. The van der Waals surface area contributed by atoms with Crippen LogP contribution in [0.25, 0.3) is 16.6 Å². The van der Waals surface area contributed by atoms with Crippen LogP contribution in [0.2, 0.25) is 10.0 Å². The summed E-state index contributed by atoms with van der Waals surface area (Å²) in [5.41, 5.74) is 1.73. The summed E-state index contributed by atoms with van der Waals surface area (Å²) in [7, 11) is 0. The molecular weight excluding hydrogens is 437 g/mol. The molecule has 0 fully saturated rings. The van der Waals surface area contributed by atoms with Gasteiger partial charge in [0.05, 0.1) is 21.6 Å². The fourth-order valence-corrected chi connectivity index (χ4v) is 3.52. The van der Waals surface area contributed by atoms with Gasteiger partial charge in [-0.2, -0.15) is 0 Å². The summed E-state index contributed by atoms with van der Waals surface area (Å²) >= 11 is 12.0. The number of anilines is 1. The Morgan fingerprint density at radius 3 is 2.55 bits per heavy atom. The normalized spacial score (nSPS) is 10.8. The number of nitrogens with zero attached hydrogens (tertiary/aromatic N) is 2. The molecule has 0 aliphatic heterocycles. The second kappa shape index (κ2) is 8.79. The molecule has 1 amide bonds. The third kappa shape index (κ3) is 4.40. The van der Waals surface area contributed by atoms with Gasteiger partial charge in [0.2, 0.25) is 0 Å². The lowest BCUT2D eigenvalue weighted by atomic mass is 10.2. The average molecular weight is 454 g/mol. The number of nitrogens with one attached hydrogen (secondary N) is 1. The molecule has 1 N–H and O–H groups in total. The Morgan fingerprint density at radius 2 is 1.77 bits per heavy atom. The molecule has 0 aliphatic rings. The first-order chi connectivity index (χ1) is 14.9. The molecule has 31 heavy (non-hydrogen) atoms. The Kier molecular flexibility index (Phi) is 5.93. The minimum absolute atomic E-state index is 0.147. The first kappa shape index (κ1) is 20.9. The van der Waals surface area contributed by atoms with E-state index in [4.69, 9.17) is 27.9 Å². The van der Waals surface area contributed by atoms with Crippen molar-refractivity contribution in [2.45, 2.75) is 6.92 Å². The number of carbonyl (C=O) groups is 1. The topological polar surface area (TPSA) is 73.2 Å². The van der Waals surface area contributed by atoms with Crippen LogP contribution in [0.5, 0.6) is 5.75 Å². The molecule has 0 atom stereocenters. The van der Waals surface area contributed by atoms with Gasteiger partial charge < -0.3 is 10.1 Å². The van der Waals surface area contributed by atoms with Gasteiger partial charge in [-0.05, 0) is 55.5 Å². The van der Waals surface area contributed by atoms with Crippen molar-refractivity contribution >= 4 is 45.7 Å². The molecule has 1 heterocycles. The summed E-state index contributed by atoms with van der Waals surface area (Å²) in [6.45, 7) is 1.55. The summed E-state index contributed by atoms with van der Waals surface area (Å²) in [5.74, 6) is 0.551. The van der Waals surface area contributed by atoms with E-state index in [2.05, 4.69) is 10.3 Å². The van der Waals surface area contributed by atoms with Crippen LogP contribution in [-0.4, -0.2) is 22.1 Å². The Balaban J connectivity index is 1.49. The zero-order valence-electron chi connectivity index (χ0n) is 16.4. The van der Waals surface area contributed by atoms with Crippen LogP contribution in [0.4, 0.5) is 5.69 Å². The number of aryl methyl sites for hydroxylation is 1. The van der Waals surface area contributed by atoms with Crippen LogP contribution >= 0.6 is 23.2 Å². The number of amides is 1. The fourth-order valence-electron chi connectivity index (χ4n) is 3.18. The average Bonchev–Trinajstić information content (AvgIpc) is 2.76. The first-order valence-electron chi connectivity index (χ1n) is 9.39. The van der Waals surface area contributed by atoms with Crippen LogP contribution in [0, 0.1) is 6.92 Å². The van der Waals surface area contributed by atoms with Gasteiger partial charge in [0.1, 0.15) is 16.6 Å². The zero-order valence-corrected chi connectivity index (χ0v) is 17.9. The van der Waals surface area contributed by atoms with Gasteiger partial charge in [-0.1, -0.05) is 41.4 Å². The van der Waals surface area contributed by atoms with E-state index in [1.165, 1.54) is 4.57 Å². The molecule has 0 aliphatic carbocycles. The van der Waals surface area contributed by atoms with Crippen molar-refractivity contribution in [2.24, 2.45) is 0 Å². The van der Waals surface area contributed by atoms with Crippen LogP contribution in [0.3, 0.4) is 0 Å². The lowest BCUT2D eigenvalue weighted by Crippen LogP contribution is -2.22. The van der Waals surface area contributed by atoms with Crippen molar-refractivity contribution in [1.29, 1.82) is 0 Å². The third-order valence-electron chi connectivity index (χ3n) is 4.63. The van der Waals surface area contributed by atoms with E-state index in [9.17, 15) is 9.59 Å². The Bertz CT molecular complexity index is 1330. The number of carbonyl (C=O) groups excluding carboxylic acids is 1. The highest BCUT2D eigenvalue weighted by atomic mass is 35.5. The number of benzene rings is 3. The number of halogens is 2. The van der Waals surface area contributed by atoms with Gasteiger partial charge in [0, 0.05) is 5.69 Å². The maximum absolute atomic E-state index is 12.9. The number of rotatable bonds is 5. The maximum Gasteiger partial charge on any atom is 0.265 e. The SMILES string of the molecule is Cc1nc2ccccc2c(=O)n1-c1ccc(NC(=O)COc2cccc(Cl)c2Cl)cc1. The Morgan fingerprint density at radius 1 is 1.03 bits per heavy atom. The summed E-state index contributed by atoms with van der Waals surface area (Å²) in [5, 5.41) is 3.89. The third-order valence-corrected chi connectivity index (χ3v) is 5.43. The van der Waals surface area contributed by atoms with E-state index in [1.54, 1.807) is 55.5 Å². The minimum atomic E-state index is -0.357. The number of fused-ring (bicyclic) bond motifs is 1. The van der Waals surface area contributed by atoms with Gasteiger partial charge in [-0.25, -0.2) is 4.98 Å². The second-order valence-electron chi connectivity index (χ2n) is 6.75. The van der Waals surface area contributed by atoms with Crippen molar-refractivity contribution < 1.29 is 9.53 Å². The number of hydrogen-bond acceptors (Lipinski definition) is 4. The fraction of sp³-hybridized carbons (Fsp3) is 0.0870. The molecule has 4 aromatic rings. The van der Waals surface area contributed by atoms with Crippen LogP contribution < -0.4 is 15.6 Å². The summed E-state index contributed by atoms with van der Waals surface area (Å²) in [4.78, 5) is 29.6. The molecule has 8 heteroatoms. The van der Waals surface area contributed by atoms with Crippen molar-refractivity contribution in [2.75, 3.05) is 11.9 Å². The van der Waals surface area contributed by atoms with Crippen molar-refractivity contribution in [3.63, 3.8) is 0 Å².